The van der Waals surface area contributed by atoms with Crippen LogP contribution >= 0.6 is 0 Å². The van der Waals surface area contributed by atoms with Crippen molar-refractivity contribution in [2.75, 3.05) is 0 Å². The van der Waals surface area contributed by atoms with Crippen molar-refractivity contribution < 1.29 is 18.3 Å². The van der Waals surface area contributed by atoms with Gasteiger partial charge in [-0.25, -0.2) is 0 Å². The predicted octanol–water partition coefficient (Wildman–Crippen LogP) is 2.28. The summed E-state index contributed by atoms with van der Waals surface area (Å²) in [6, 6.07) is 1.53. The molecule has 0 aliphatic carbocycles. The molecule has 0 aliphatic rings. The Bertz CT molecular complexity index is 309. The normalized spacial score (nSPS) is 14.2. The number of rotatable bonds is 4. The highest BCUT2D eigenvalue weighted by atomic mass is 19.4. The number of aliphatic hydroxyl groups excluding tert-OH is 1. The summed E-state index contributed by atoms with van der Waals surface area (Å²) in [6.07, 6.45) is -5.17. The molecule has 15 heavy (non-hydrogen) atoms. The summed E-state index contributed by atoms with van der Waals surface area (Å²) in [6.45, 7) is 2.35. The van der Waals surface area contributed by atoms with Crippen molar-refractivity contribution in [3.05, 3.63) is 18.0 Å². The highest BCUT2D eigenvalue weighted by Gasteiger charge is 2.28. The summed E-state index contributed by atoms with van der Waals surface area (Å²) in [5.74, 6) is 0. The van der Waals surface area contributed by atoms with Crippen LogP contribution in [0.25, 0.3) is 0 Å². The van der Waals surface area contributed by atoms with Gasteiger partial charge in [0.25, 0.3) is 0 Å². The van der Waals surface area contributed by atoms with E-state index >= 15 is 0 Å². The van der Waals surface area contributed by atoms with Gasteiger partial charge in [0.2, 0.25) is 0 Å². The van der Waals surface area contributed by atoms with E-state index < -0.39 is 18.7 Å². The maximum absolute atomic E-state index is 11.9. The van der Waals surface area contributed by atoms with Crippen molar-refractivity contribution in [1.29, 1.82) is 0 Å². The molecule has 0 saturated carbocycles. The Balaban J connectivity index is 2.57. The fourth-order valence-corrected chi connectivity index (χ4v) is 1.34. The molecule has 0 fully saturated rings. The van der Waals surface area contributed by atoms with E-state index in [1.54, 1.807) is 0 Å². The number of aryl methyl sites for hydroxylation is 1. The van der Waals surface area contributed by atoms with Crippen LogP contribution in [0.4, 0.5) is 13.2 Å². The fourth-order valence-electron chi connectivity index (χ4n) is 1.34. The minimum atomic E-state index is -4.22. The van der Waals surface area contributed by atoms with E-state index in [1.807, 2.05) is 6.92 Å². The zero-order valence-corrected chi connectivity index (χ0v) is 8.33. The molecular weight excluding hydrogens is 209 g/mol. The van der Waals surface area contributed by atoms with E-state index in [0.717, 1.165) is 0 Å². The first kappa shape index (κ1) is 12.0. The lowest BCUT2D eigenvalue weighted by Gasteiger charge is -2.13. The van der Waals surface area contributed by atoms with Crippen LogP contribution in [-0.4, -0.2) is 21.1 Å². The Morgan fingerprint density at radius 1 is 1.53 bits per heavy atom. The Hall–Kier alpha value is -1.04. The van der Waals surface area contributed by atoms with E-state index in [0.29, 0.717) is 12.2 Å². The van der Waals surface area contributed by atoms with Gasteiger partial charge in [-0.3, -0.25) is 4.68 Å². The Morgan fingerprint density at radius 3 is 2.73 bits per heavy atom. The number of nitrogens with zero attached hydrogens (tertiary/aromatic N) is 2. The number of alkyl halides is 3. The number of aromatic nitrogens is 2. The maximum Gasteiger partial charge on any atom is 0.389 e. The molecule has 1 aromatic rings. The molecule has 86 valence electrons. The average Bonchev–Trinajstić information content (AvgIpc) is 2.60. The molecule has 1 rings (SSSR count). The largest absolute Gasteiger partial charge is 0.389 e. The molecule has 0 aliphatic heterocycles. The van der Waals surface area contributed by atoms with Gasteiger partial charge < -0.3 is 5.11 Å². The summed E-state index contributed by atoms with van der Waals surface area (Å²) >= 11 is 0. The van der Waals surface area contributed by atoms with Crippen LogP contribution < -0.4 is 0 Å². The van der Waals surface area contributed by atoms with Gasteiger partial charge in [-0.05, 0) is 19.4 Å². The Kier molecular flexibility index (Phi) is 3.73. The molecule has 0 spiro atoms. The van der Waals surface area contributed by atoms with Crippen LogP contribution in [0.5, 0.6) is 0 Å². The molecule has 1 atom stereocenters. The third kappa shape index (κ3) is 3.54. The predicted molar refractivity (Wildman–Crippen MR) is 48.1 cm³/mol. The van der Waals surface area contributed by atoms with Crippen LogP contribution in [0.2, 0.25) is 0 Å². The molecular formula is C9H13F3N2O. The zero-order chi connectivity index (χ0) is 11.5. The summed E-state index contributed by atoms with van der Waals surface area (Å²) in [5, 5.41) is 13.4. The minimum absolute atomic E-state index is 0.324. The highest BCUT2D eigenvalue weighted by molar-refractivity contribution is 5.04. The Labute approximate surface area is 85.5 Å². The fraction of sp³-hybridized carbons (Fsp3) is 0.667. The average molecular weight is 222 g/mol. The SMILES string of the molecule is CCn1nccc1C(O)CCC(F)(F)F. The van der Waals surface area contributed by atoms with Crippen molar-refractivity contribution in [2.45, 2.75) is 38.6 Å². The quantitative estimate of drug-likeness (QED) is 0.848. The molecule has 0 saturated heterocycles. The summed E-state index contributed by atoms with van der Waals surface area (Å²) in [7, 11) is 0. The third-order valence-electron chi connectivity index (χ3n) is 2.09. The van der Waals surface area contributed by atoms with Crippen molar-refractivity contribution >= 4 is 0 Å². The van der Waals surface area contributed by atoms with Gasteiger partial charge in [-0.2, -0.15) is 18.3 Å². The molecule has 1 unspecified atom stereocenters. The van der Waals surface area contributed by atoms with Crippen molar-refractivity contribution in [2.24, 2.45) is 0 Å². The summed E-state index contributed by atoms with van der Waals surface area (Å²) < 4.78 is 37.2. The van der Waals surface area contributed by atoms with Gasteiger partial charge >= 0.3 is 6.18 Å². The maximum atomic E-state index is 11.9. The van der Waals surface area contributed by atoms with Crippen molar-refractivity contribution in [1.82, 2.24) is 9.78 Å². The summed E-state index contributed by atoms with van der Waals surface area (Å²) in [5.41, 5.74) is 0.432. The first-order valence-electron chi connectivity index (χ1n) is 4.70. The van der Waals surface area contributed by atoms with E-state index in [2.05, 4.69) is 5.10 Å². The third-order valence-corrected chi connectivity index (χ3v) is 2.09. The van der Waals surface area contributed by atoms with Crippen LogP contribution in [0.3, 0.4) is 0 Å². The summed E-state index contributed by atoms with van der Waals surface area (Å²) in [4.78, 5) is 0. The second-order valence-corrected chi connectivity index (χ2v) is 3.24. The van der Waals surface area contributed by atoms with Crippen LogP contribution in [0, 0.1) is 0 Å². The molecule has 0 radical (unpaired) electrons. The molecule has 1 N–H and O–H groups in total. The molecule has 1 aromatic heterocycles. The van der Waals surface area contributed by atoms with Crippen molar-refractivity contribution in [3.63, 3.8) is 0 Å². The lowest BCUT2D eigenvalue weighted by Crippen LogP contribution is -2.13. The molecule has 0 aromatic carbocycles. The van der Waals surface area contributed by atoms with Gasteiger partial charge in [0, 0.05) is 19.2 Å². The molecule has 0 bridgehead atoms. The van der Waals surface area contributed by atoms with Gasteiger partial charge in [-0.15, -0.1) is 0 Å². The monoisotopic (exact) mass is 222 g/mol. The van der Waals surface area contributed by atoms with E-state index in [1.165, 1.54) is 16.9 Å². The zero-order valence-electron chi connectivity index (χ0n) is 8.33. The molecule has 6 heteroatoms. The Morgan fingerprint density at radius 2 is 2.20 bits per heavy atom. The number of hydrogen-bond donors (Lipinski definition) is 1. The second kappa shape index (κ2) is 4.65. The second-order valence-electron chi connectivity index (χ2n) is 3.24. The lowest BCUT2D eigenvalue weighted by molar-refractivity contribution is -0.140. The van der Waals surface area contributed by atoms with Crippen LogP contribution in [0.15, 0.2) is 12.3 Å². The molecule has 0 amide bonds. The standard InChI is InChI=1S/C9H13F3N2O/c1-2-14-7(4-6-13-14)8(15)3-5-9(10,11)12/h4,6,8,15H,2-3,5H2,1H3. The highest BCUT2D eigenvalue weighted by Crippen LogP contribution is 2.27. The van der Waals surface area contributed by atoms with Gasteiger partial charge in [0.1, 0.15) is 0 Å². The smallest absolute Gasteiger partial charge is 0.387 e. The van der Waals surface area contributed by atoms with E-state index in [4.69, 9.17) is 0 Å². The van der Waals surface area contributed by atoms with E-state index in [-0.39, 0.29) is 6.42 Å². The number of hydrogen-bond acceptors (Lipinski definition) is 2. The van der Waals surface area contributed by atoms with Gasteiger partial charge in [0.15, 0.2) is 0 Å². The van der Waals surface area contributed by atoms with Gasteiger partial charge in [0.05, 0.1) is 11.8 Å². The number of aliphatic hydroxyl groups is 1. The minimum Gasteiger partial charge on any atom is -0.387 e. The number of halogens is 3. The van der Waals surface area contributed by atoms with Crippen LogP contribution in [-0.2, 0) is 6.54 Å². The van der Waals surface area contributed by atoms with Gasteiger partial charge in [-0.1, -0.05) is 0 Å². The lowest BCUT2D eigenvalue weighted by atomic mass is 10.1. The van der Waals surface area contributed by atoms with Crippen LogP contribution in [0.1, 0.15) is 31.6 Å². The topological polar surface area (TPSA) is 38.0 Å². The first-order valence-corrected chi connectivity index (χ1v) is 4.70. The molecule has 3 nitrogen and oxygen atoms in total. The van der Waals surface area contributed by atoms with E-state index in [9.17, 15) is 18.3 Å². The molecule has 1 heterocycles. The first-order chi connectivity index (χ1) is 6.94. The van der Waals surface area contributed by atoms with Crippen molar-refractivity contribution in [3.8, 4) is 0 Å².